The lowest BCUT2D eigenvalue weighted by atomic mass is 9.99. The number of hydrogen-bond donors (Lipinski definition) is 0. The number of thiazole rings is 1. The topological polar surface area (TPSA) is 48.9 Å². The molecule has 2 aromatic carbocycles. The number of halogens is 2. The molecule has 0 bridgehead atoms. The van der Waals surface area contributed by atoms with Crippen LogP contribution in [-0.4, -0.2) is 62.2 Å². The highest BCUT2D eigenvalue weighted by Gasteiger charge is 2.37. The Bertz CT molecular complexity index is 1120. The van der Waals surface area contributed by atoms with Crippen LogP contribution in [0.2, 0.25) is 10.0 Å². The number of piperazine rings is 1. The van der Waals surface area contributed by atoms with Crippen molar-refractivity contribution in [3.05, 3.63) is 46.4 Å². The molecule has 2 aliphatic rings. The molecule has 3 aromatic rings. The third kappa shape index (κ3) is 3.90. The molecular weight excluding hydrogens is 455 g/mol. The quantitative estimate of drug-likeness (QED) is 0.558. The molecule has 5 rings (SSSR count). The summed E-state index contributed by atoms with van der Waals surface area (Å²) >= 11 is 13.8. The summed E-state index contributed by atoms with van der Waals surface area (Å²) in [5.74, 6) is 1.06. The molecule has 2 saturated heterocycles. The molecule has 0 radical (unpaired) electrons. The van der Waals surface area contributed by atoms with Crippen molar-refractivity contribution in [3.8, 4) is 5.75 Å². The summed E-state index contributed by atoms with van der Waals surface area (Å²) in [7, 11) is 1.66. The number of amides is 1. The Hall–Kier alpha value is -2.22. The van der Waals surface area contributed by atoms with Crippen LogP contribution in [0.3, 0.4) is 0 Å². The molecule has 0 spiro atoms. The lowest BCUT2D eigenvalue weighted by Gasteiger charge is -2.43. The molecule has 3 heterocycles. The first kappa shape index (κ1) is 20.7. The van der Waals surface area contributed by atoms with Crippen molar-refractivity contribution in [1.82, 2.24) is 9.88 Å². The first-order chi connectivity index (χ1) is 15.0. The van der Waals surface area contributed by atoms with E-state index in [2.05, 4.69) is 15.9 Å². The largest absolute Gasteiger partial charge is 0.494 e. The van der Waals surface area contributed by atoms with Gasteiger partial charge in [-0.2, -0.15) is 0 Å². The molecule has 9 heteroatoms. The summed E-state index contributed by atoms with van der Waals surface area (Å²) in [6.45, 7) is 4.44. The highest BCUT2D eigenvalue weighted by atomic mass is 35.5. The Kier molecular flexibility index (Phi) is 5.58. The van der Waals surface area contributed by atoms with Crippen molar-refractivity contribution in [3.63, 3.8) is 0 Å². The molecule has 162 valence electrons. The lowest BCUT2D eigenvalue weighted by Crippen LogP contribution is -2.58. The Morgan fingerprint density at radius 2 is 1.84 bits per heavy atom. The lowest BCUT2D eigenvalue weighted by molar-refractivity contribution is -0.136. The van der Waals surface area contributed by atoms with E-state index in [0.717, 1.165) is 39.9 Å². The SMILES string of the molecule is COc1cccc2sc(N3CC(C(=O)N4CCN(c5ccc(Cl)c(Cl)c5)CC4)C3)nc12. The Labute approximate surface area is 194 Å². The monoisotopic (exact) mass is 476 g/mol. The van der Waals surface area contributed by atoms with Gasteiger partial charge in [0.1, 0.15) is 11.3 Å². The number of rotatable bonds is 4. The molecule has 1 amide bonds. The molecule has 0 aliphatic carbocycles. The van der Waals surface area contributed by atoms with Gasteiger partial charge in [0.15, 0.2) is 5.13 Å². The second-order valence-corrected chi connectivity index (χ2v) is 9.64. The van der Waals surface area contributed by atoms with Crippen molar-refractivity contribution in [2.75, 3.05) is 56.2 Å². The molecule has 2 aliphatic heterocycles. The van der Waals surface area contributed by atoms with Crippen LogP contribution < -0.4 is 14.5 Å². The van der Waals surface area contributed by atoms with Crippen LogP contribution in [0.4, 0.5) is 10.8 Å². The predicted molar refractivity (Wildman–Crippen MR) is 127 cm³/mol. The fourth-order valence-electron chi connectivity index (χ4n) is 4.13. The van der Waals surface area contributed by atoms with Gasteiger partial charge in [0, 0.05) is 45.0 Å². The number of para-hydroxylation sites is 1. The van der Waals surface area contributed by atoms with Gasteiger partial charge in [0.25, 0.3) is 0 Å². The number of methoxy groups -OCH3 is 1. The third-order valence-corrected chi connectivity index (χ3v) is 7.77. The number of anilines is 2. The van der Waals surface area contributed by atoms with Crippen molar-refractivity contribution in [2.24, 2.45) is 5.92 Å². The van der Waals surface area contributed by atoms with Gasteiger partial charge >= 0.3 is 0 Å². The van der Waals surface area contributed by atoms with E-state index in [4.69, 9.17) is 32.9 Å². The maximum atomic E-state index is 13.0. The van der Waals surface area contributed by atoms with Gasteiger partial charge < -0.3 is 19.4 Å². The van der Waals surface area contributed by atoms with Crippen LogP contribution in [-0.2, 0) is 4.79 Å². The van der Waals surface area contributed by atoms with E-state index in [0.29, 0.717) is 36.2 Å². The smallest absolute Gasteiger partial charge is 0.229 e. The number of hydrogen-bond acceptors (Lipinski definition) is 6. The Morgan fingerprint density at radius 3 is 2.55 bits per heavy atom. The molecule has 0 saturated carbocycles. The first-order valence-corrected chi connectivity index (χ1v) is 11.8. The van der Waals surface area contributed by atoms with E-state index in [1.807, 2.05) is 35.2 Å². The summed E-state index contributed by atoms with van der Waals surface area (Å²) in [5, 5.41) is 2.06. The fourth-order valence-corrected chi connectivity index (χ4v) is 5.42. The van der Waals surface area contributed by atoms with E-state index >= 15 is 0 Å². The molecule has 2 fully saturated rings. The van der Waals surface area contributed by atoms with Crippen molar-refractivity contribution >= 4 is 61.5 Å². The van der Waals surface area contributed by atoms with Crippen LogP contribution >= 0.6 is 34.5 Å². The summed E-state index contributed by atoms with van der Waals surface area (Å²) in [5.41, 5.74) is 1.93. The van der Waals surface area contributed by atoms with Gasteiger partial charge in [-0.05, 0) is 30.3 Å². The maximum Gasteiger partial charge on any atom is 0.229 e. The minimum Gasteiger partial charge on any atom is -0.494 e. The van der Waals surface area contributed by atoms with Crippen molar-refractivity contribution < 1.29 is 9.53 Å². The zero-order valence-corrected chi connectivity index (χ0v) is 19.4. The molecule has 6 nitrogen and oxygen atoms in total. The third-order valence-electron chi connectivity index (χ3n) is 5.95. The minimum atomic E-state index is 0.0328. The van der Waals surface area contributed by atoms with Gasteiger partial charge in [0.2, 0.25) is 5.91 Å². The highest BCUT2D eigenvalue weighted by Crippen LogP contribution is 2.37. The van der Waals surface area contributed by atoms with E-state index < -0.39 is 0 Å². The molecule has 0 unspecified atom stereocenters. The second kappa shape index (κ2) is 8.37. The van der Waals surface area contributed by atoms with Crippen molar-refractivity contribution in [1.29, 1.82) is 0 Å². The zero-order valence-electron chi connectivity index (χ0n) is 17.1. The van der Waals surface area contributed by atoms with E-state index in [1.165, 1.54) is 0 Å². The molecular formula is C22H22Cl2N4O2S. The molecule has 0 N–H and O–H groups in total. The van der Waals surface area contributed by atoms with Crippen LogP contribution in [0.5, 0.6) is 5.75 Å². The minimum absolute atomic E-state index is 0.0328. The van der Waals surface area contributed by atoms with Gasteiger partial charge in [-0.1, -0.05) is 40.6 Å². The normalized spacial score (nSPS) is 17.2. The van der Waals surface area contributed by atoms with Crippen LogP contribution in [0.15, 0.2) is 36.4 Å². The highest BCUT2D eigenvalue weighted by molar-refractivity contribution is 7.22. The number of carbonyl (C=O) groups is 1. The summed E-state index contributed by atoms with van der Waals surface area (Å²) < 4.78 is 6.51. The standard InChI is InChI=1S/C22H22Cl2N4O2S/c1-30-18-3-2-4-19-20(18)25-22(31-19)28-12-14(13-28)21(29)27-9-7-26(8-10-27)15-5-6-16(23)17(24)11-15/h2-6,11,14H,7-10,12-13H2,1H3. The number of ether oxygens (including phenoxy) is 1. The van der Waals surface area contributed by atoms with Gasteiger partial charge in [-0.15, -0.1) is 0 Å². The van der Waals surface area contributed by atoms with Gasteiger partial charge in [-0.25, -0.2) is 4.98 Å². The second-order valence-electron chi connectivity index (χ2n) is 7.82. The number of carbonyl (C=O) groups excluding carboxylic acids is 1. The van der Waals surface area contributed by atoms with Gasteiger partial charge in [0.05, 0.1) is 27.8 Å². The fraction of sp³-hybridized carbons (Fsp3) is 0.364. The zero-order chi connectivity index (χ0) is 21.5. The van der Waals surface area contributed by atoms with Crippen LogP contribution in [0.25, 0.3) is 10.2 Å². The average Bonchev–Trinajstić information content (AvgIpc) is 3.18. The molecule has 31 heavy (non-hydrogen) atoms. The summed E-state index contributed by atoms with van der Waals surface area (Å²) in [6, 6.07) is 11.6. The number of fused-ring (bicyclic) bond motifs is 1. The molecule has 1 aromatic heterocycles. The van der Waals surface area contributed by atoms with Crippen LogP contribution in [0.1, 0.15) is 0 Å². The van der Waals surface area contributed by atoms with E-state index in [1.54, 1.807) is 18.4 Å². The average molecular weight is 477 g/mol. The maximum absolute atomic E-state index is 13.0. The predicted octanol–water partition coefficient (Wildman–Crippen LogP) is 4.40. The van der Waals surface area contributed by atoms with Crippen molar-refractivity contribution in [2.45, 2.75) is 0 Å². The van der Waals surface area contributed by atoms with Crippen LogP contribution in [0, 0.1) is 5.92 Å². The van der Waals surface area contributed by atoms with E-state index in [9.17, 15) is 4.79 Å². The number of nitrogens with zero attached hydrogens (tertiary/aromatic N) is 4. The number of aromatic nitrogens is 1. The summed E-state index contributed by atoms with van der Waals surface area (Å²) in [6.07, 6.45) is 0. The number of benzene rings is 2. The summed E-state index contributed by atoms with van der Waals surface area (Å²) in [4.78, 5) is 24.1. The van der Waals surface area contributed by atoms with Gasteiger partial charge in [-0.3, -0.25) is 4.79 Å². The van der Waals surface area contributed by atoms with E-state index in [-0.39, 0.29) is 11.8 Å². The Balaban J connectivity index is 1.17. The first-order valence-electron chi connectivity index (χ1n) is 10.2. The Morgan fingerprint density at radius 1 is 1.06 bits per heavy atom. The molecule has 0 atom stereocenters.